The lowest BCUT2D eigenvalue weighted by Crippen LogP contribution is -2.09. The first-order chi connectivity index (χ1) is 10.8. The minimum absolute atomic E-state index is 0.541. The molecule has 4 N–H and O–H groups in total. The molecule has 0 aliphatic heterocycles. The fraction of sp³-hybridized carbons (Fsp3) is 0. The van der Waals surface area contributed by atoms with E-state index in [0.717, 1.165) is 12.1 Å². The van der Waals surface area contributed by atoms with E-state index in [4.69, 9.17) is 10.2 Å². The third-order valence-corrected chi connectivity index (χ3v) is 4.83. The van der Waals surface area contributed by atoms with Crippen molar-refractivity contribution in [1.29, 1.82) is 0 Å². The molecule has 0 spiro atoms. The van der Waals surface area contributed by atoms with E-state index in [-0.39, 0.29) is 0 Å². The fourth-order valence-corrected chi connectivity index (χ4v) is 3.51. The van der Waals surface area contributed by atoms with Crippen LogP contribution in [0.4, 0.5) is 0 Å². The van der Waals surface area contributed by atoms with Crippen LogP contribution in [0.25, 0.3) is 10.8 Å². The Morgan fingerprint density at radius 2 is 0.958 bits per heavy atom. The van der Waals surface area contributed by atoms with Gasteiger partial charge in [-0.15, -0.1) is 0 Å². The van der Waals surface area contributed by atoms with E-state index < -0.39 is 63.9 Å². The first-order valence-corrected chi connectivity index (χ1v) is 8.74. The van der Waals surface area contributed by atoms with Crippen molar-refractivity contribution in [2.75, 3.05) is 0 Å². The molecule has 0 radical (unpaired) electrons. The quantitative estimate of drug-likeness (QED) is 0.555. The molecule has 0 bridgehead atoms. The average molecular weight is 376 g/mol. The molecule has 0 unspecified atom stereocenters. The number of benzene rings is 2. The van der Waals surface area contributed by atoms with Crippen LogP contribution in [0.1, 0.15) is 20.7 Å². The summed E-state index contributed by atoms with van der Waals surface area (Å²) in [7, 11) is -10.0. The van der Waals surface area contributed by atoms with E-state index in [0.29, 0.717) is 12.1 Å². The summed E-state index contributed by atoms with van der Waals surface area (Å²) < 4.78 is 64.3. The van der Waals surface area contributed by atoms with E-state index in [1.54, 1.807) is 0 Å². The van der Waals surface area contributed by atoms with Crippen LogP contribution < -0.4 is 0 Å². The number of rotatable bonds is 4. The molecule has 0 aliphatic rings. The molecule has 0 saturated carbocycles. The van der Waals surface area contributed by atoms with Gasteiger partial charge in [0.15, 0.2) is 0 Å². The zero-order valence-corrected chi connectivity index (χ0v) is 13.0. The largest absolute Gasteiger partial charge is 0.478 e. The van der Waals surface area contributed by atoms with E-state index in [9.17, 15) is 35.5 Å². The molecule has 12 heteroatoms. The summed E-state index contributed by atoms with van der Waals surface area (Å²) in [4.78, 5) is 20.1. The second-order valence-electron chi connectivity index (χ2n) is 4.60. The van der Waals surface area contributed by atoms with Crippen LogP contribution in [-0.2, 0) is 20.2 Å². The van der Waals surface area contributed by atoms with Crippen molar-refractivity contribution in [3.8, 4) is 0 Å². The number of carboxylic acids is 2. The Labute approximate surface area is 134 Å². The lowest BCUT2D eigenvalue weighted by atomic mass is 10.0. The van der Waals surface area contributed by atoms with Gasteiger partial charge in [-0.1, -0.05) is 0 Å². The maximum atomic E-state index is 11.5. The number of hydrogen-bond acceptors (Lipinski definition) is 6. The molecule has 10 nitrogen and oxygen atoms in total. The Morgan fingerprint density at radius 3 is 1.17 bits per heavy atom. The third kappa shape index (κ3) is 3.21. The Morgan fingerprint density at radius 1 is 0.667 bits per heavy atom. The summed E-state index contributed by atoms with van der Waals surface area (Å²) in [6.45, 7) is 0. The molecule has 0 aliphatic carbocycles. The van der Waals surface area contributed by atoms with Gasteiger partial charge in [-0.25, -0.2) is 9.59 Å². The highest BCUT2D eigenvalue weighted by atomic mass is 32.2. The molecule has 0 saturated heterocycles. The Balaban J connectivity index is 3.20. The lowest BCUT2D eigenvalue weighted by Gasteiger charge is -2.10. The molecule has 2 aromatic rings. The number of carboxylic acid groups (broad SMARTS) is 2. The van der Waals surface area contributed by atoms with Gasteiger partial charge in [0.05, 0.1) is 11.1 Å². The van der Waals surface area contributed by atoms with Crippen molar-refractivity contribution in [2.24, 2.45) is 0 Å². The standard InChI is InChI=1S/C12H8O10S2/c13-11(14)5-1-7-8(10(3-5)24(20,21)22)2-6(12(15)16)4-9(7)23(17,18)19/h1-4H,(H,13,14)(H,15,16)(H,17,18,19)(H,20,21,22). The normalized spacial score (nSPS) is 12.2. The van der Waals surface area contributed by atoms with Crippen LogP contribution >= 0.6 is 0 Å². The Kier molecular flexibility index (Phi) is 4.10. The van der Waals surface area contributed by atoms with Crippen LogP contribution in [0, 0.1) is 0 Å². The molecular formula is C12H8O10S2. The second kappa shape index (κ2) is 5.52. The number of carbonyl (C=O) groups is 2. The van der Waals surface area contributed by atoms with Gasteiger partial charge in [0, 0.05) is 10.8 Å². The second-order valence-corrected chi connectivity index (χ2v) is 7.38. The molecule has 2 rings (SSSR count). The fourth-order valence-electron chi connectivity index (χ4n) is 2.07. The smallest absolute Gasteiger partial charge is 0.335 e. The Hall–Kier alpha value is -2.54. The highest BCUT2D eigenvalue weighted by molar-refractivity contribution is 7.86. The summed E-state index contributed by atoms with van der Waals surface area (Å²) in [5, 5.41) is 16.8. The molecule has 128 valence electrons. The van der Waals surface area contributed by atoms with Gasteiger partial charge in [-0.05, 0) is 24.3 Å². The van der Waals surface area contributed by atoms with E-state index in [2.05, 4.69) is 0 Å². The highest BCUT2D eigenvalue weighted by Gasteiger charge is 2.25. The van der Waals surface area contributed by atoms with Crippen molar-refractivity contribution in [3.05, 3.63) is 35.4 Å². The first kappa shape index (κ1) is 17.8. The van der Waals surface area contributed by atoms with Crippen LogP contribution in [0.3, 0.4) is 0 Å². The zero-order valence-electron chi connectivity index (χ0n) is 11.4. The number of hydrogen-bond donors (Lipinski definition) is 4. The minimum atomic E-state index is -5.02. The van der Waals surface area contributed by atoms with E-state index >= 15 is 0 Å². The van der Waals surface area contributed by atoms with Crippen LogP contribution in [0.15, 0.2) is 34.1 Å². The van der Waals surface area contributed by atoms with Crippen LogP contribution in [0.2, 0.25) is 0 Å². The minimum Gasteiger partial charge on any atom is -0.478 e. The van der Waals surface area contributed by atoms with Crippen molar-refractivity contribution >= 4 is 42.9 Å². The maximum Gasteiger partial charge on any atom is 0.335 e. The van der Waals surface area contributed by atoms with Gasteiger partial charge >= 0.3 is 11.9 Å². The topological polar surface area (TPSA) is 183 Å². The lowest BCUT2D eigenvalue weighted by molar-refractivity contribution is 0.0685. The van der Waals surface area contributed by atoms with Gasteiger partial charge in [0.25, 0.3) is 20.2 Å². The Bertz CT molecular complexity index is 1010. The SMILES string of the molecule is O=C(O)c1cc(S(=O)(=O)O)c2cc(C(=O)O)cc(S(=O)(=O)O)c2c1. The average Bonchev–Trinajstić information content (AvgIpc) is 2.42. The predicted molar refractivity (Wildman–Crippen MR) is 77.5 cm³/mol. The van der Waals surface area contributed by atoms with E-state index in [1.807, 2.05) is 0 Å². The first-order valence-electron chi connectivity index (χ1n) is 5.85. The summed E-state index contributed by atoms with van der Waals surface area (Å²) >= 11 is 0. The molecule has 2 aromatic carbocycles. The van der Waals surface area contributed by atoms with E-state index in [1.165, 1.54) is 0 Å². The number of fused-ring (bicyclic) bond motifs is 1. The van der Waals surface area contributed by atoms with Crippen LogP contribution in [-0.4, -0.2) is 48.1 Å². The molecule has 0 heterocycles. The van der Waals surface area contributed by atoms with Gasteiger partial charge in [-0.3, -0.25) is 9.11 Å². The monoisotopic (exact) mass is 376 g/mol. The van der Waals surface area contributed by atoms with Gasteiger partial charge in [-0.2, -0.15) is 16.8 Å². The molecule has 24 heavy (non-hydrogen) atoms. The highest BCUT2D eigenvalue weighted by Crippen LogP contribution is 2.31. The summed E-state index contributed by atoms with van der Waals surface area (Å²) in [6, 6.07) is 2.56. The van der Waals surface area contributed by atoms with Gasteiger partial charge < -0.3 is 10.2 Å². The summed E-state index contributed by atoms with van der Waals surface area (Å²) in [5.74, 6) is -3.27. The van der Waals surface area contributed by atoms with Crippen molar-refractivity contribution in [2.45, 2.75) is 9.79 Å². The van der Waals surface area contributed by atoms with Crippen molar-refractivity contribution in [3.63, 3.8) is 0 Å². The molecule has 0 atom stereocenters. The summed E-state index contributed by atoms with van der Waals surface area (Å²) in [6.07, 6.45) is 0. The van der Waals surface area contributed by atoms with Crippen molar-refractivity contribution < 1.29 is 45.7 Å². The zero-order chi connectivity index (χ0) is 18.4. The van der Waals surface area contributed by atoms with Gasteiger partial charge in [0.2, 0.25) is 0 Å². The molecule has 0 fully saturated rings. The number of aromatic carboxylic acids is 2. The third-order valence-electron chi connectivity index (χ3n) is 3.04. The summed E-state index contributed by atoms with van der Waals surface area (Å²) in [5.41, 5.74) is -1.38. The maximum absolute atomic E-state index is 11.5. The van der Waals surface area contributed by atoms with Crippen molar-refractivity contribution in [1.82, 2.24) is 0 Å². The predicted octanol–water partition coefficient (Wildman–Crippen LogP) is 0.730. The van der Waals surface area contributed by atoms with Gasteiger partial charge in [0.1, 0.15) is 9.79 Å². The molecular weight excluding hydrogens is 368 g/mol. The van der Waals surface area contributed by atoms with Crippen LogP contribution in [0.5, 0.6) is 0 Å². The molecule has 0 aromatic heterocycles. The molecule has 0 amide bonds.